The highest BCUT2D eigenvalue weighted by atomic mass is 33.1. The highest BCUT2D eigenvalue weighted by molar-refractivity contribution is 8.77. The van der Waals surface area contributed by atoms with Gasteiger partial charge in [0.1, 0.15) is 5.41 Å². The lowest BCUT2D eigenvalue weighted by molar-refractivity contribution is 0.609. The second kappa shape index (κ2) is 8.35. The maximum atomic E-state index is 10.6. The molecule has 1 nitrogen and oxygen atoms in total. The first kappa shape index (κ1) is 12.8. The molecule has 2 unspecified atom stereocenters. The van der Waals surface area contributed by atoms with Gasteiger partial charge in [0.25, 0.3) is 0 Å². The molecule has 2 atom stereocenters. The Kier molecular flexibility index (Phi) is 8.87. The van der Waals surface area contributed by atoms with E-state index in [-0.39, 0.29) is 0 Å². The van der Waals surface area contributed by atoms with Gasteiger partial charge in [0.15, 0.2) is 0 Å². The van der Waals surface area contributed by atoms with Gasteiger partial charge < -0.3 is 4.55 Å². The third-order valence-electron chi connectivity index (χ3n) is 1.26. The highest BCUT2D eigenvalue weighted by Crippen LogP contribution is 2.28. The molecule has 0 aliphatic heterocycles. The minimum atomic E-state index is -0.785. The van der Waals surface area contributed by atoms with Gasteiger partial charge in [-0.2, -0.15) is 0 Å². The van der Waals surface area contributed by atoms with Crippen molar-refractivity contribution in [3.63, 3.8) is 0 Å². The lowest BCUT2D eigenvalue weighted by Crippen LogP contribution is -1.90. The molecule has 72 valence electrons. The fraction of sp³-hybridized carbons (Fsp3) is 0.750. The molecule has 0 rings (SSSR count). The monoisotopic (exact) mass is 224 g/mol. The van der Waals surface area contributed by atoms with Gasteiger partial charge >= 0.3 is 0 Å². The minimum absolute atomic E-state index is 0.718. The lowest BCUT2D eigenvalue weighted by Gasteiger charge is -2.04. The van der Waals surface area contributed by atoms with Crippen molar-refractivity contribution in [2.45, 2.75) is 25.5 Å². The Balaban J connectivity index is 3.21. The fourth-order valence-electron chi connectivity index (χ4n) is 0.438. The first-order valence-corrected chi connectivity index (χ1v) is 7.94. The van der Waals surface area contributed by atoms with E-state index in [1.54, 1.807) is 11.7 Å². The van der Waals surface area contributed by atoms with Crippen LogP contribution in [0.1, 0.15) is 20.3 Å². The molecular formula is C8H16OS3. The van der Waals surface area contributed by atoms with Crippen molar-refractivity contribution in [1.82, 2.24) is 0 Å². The predicted octanol–water partition coefficient (Wildman–Crippen LogP) is 3.06. The van der Waals surface area contributed by atoms with Crippen molar-refractivity contribution >= 4 is 32.8 Å². The molecule has 0 saturated carbocycles. The van der Waals surface area contributed by atoms with Crippen LogP contribution in [-0.2, 0) is 11.2 Å². The second-order valence-electron chi connectivity index (χ2n) is 2.47. The zero-order chi connectivity index (χ0) is 9.40. The van der Waals surface area contributed by atoms with E-state index in [9.17, 15) is 4.55 Å². The summed E-state index contributed by atoms with van der Waals surface area (Å²) in [7, 11) is 3.72. The molecule has 0 heterocycles. The average molecular weight is 224 g/mol. The normalized spacial score (nSPS) is 16.7. The number of hydrogen-bond donors (Lipinski definition) is 0. The summed E-state index contributed by atoms with van der Waals surface area (Å²) in [5.41, 5.74) is 0. The quantitative estimate of drug-likeness (QED) is 0.393. The fourth-order valence-corrected chi connectivity index (χ4v) is 3.12. The summed E-state index contributed by atoms with van der Waals surface area (Å²) in [4.78, 5) is 0. The predicted molar refractivity (Wildman–Crippen MR) is 63.0 cm³/mol. The van der Waals surface area contributed by atoms with E-state index in [2.05, 4.69) is 13.8 Å². The van der Waals surface area contributed by atoms with Gasteiger partial charge in [0.05, 0.1) is 6.26 Å². The van der Waals surface area contributed by atoms with Crippen LogP contribution in [0.4, 0.5) is 0 Å². The lowest BCUT2D eigenvalue weighted by atomic mass is 10.4. The standard InChI is InChI=1S/C8H16OS3/c1-4-8(2)11-10-6-5-7-12(3)9/h5,7-8H,4,6H2,1-3H3/b7-5+. The minimum Gasteiger partial charge on any atom is -0.612 e. The van der Waals surface area contributed by atoms with Crippen molar-refractivity contribution in [2.75, 3.05) is 12.0 Å². The molecule has 0 N–H and O–H groups in total. The van der Waals surface area contributed by atoms with Crippen LogP contribution in [0.25, 0.3) is 0 Å². The molecule has 0 fully saturated rings. The molecule has 0 amide bonds. The van der Waals surface area contributed by atoms with E-state index >= 15 is 0 Å². The molecule has 0 bridgehead atoms. The van der Waals surface area contributed by atoms with E-state index in [4.69, 9.17) is 0 Å². The Bertz CT molecular complexity index is 125. The van der Waals surface area contributed by atoms with Crippen LogP contribution < -0.4 is 0 Å². The van der Waals surface area contributed by atoms with Gasteiger partial charge in [-0.15, -0.1) is 0 Å². The smallest absolute Gasteiger partial charge is 0.113 e. The van der Waals surface area contributed by atoms with Crippen molar-refractivity contribution < 1.29 is 4.55 Å². The van der Waals surface area contributed by atoms with Crippen molar-refractivity contribution in [3.05, 3.63) is 11.5 Å². The molecule has 0 spiro atoms. The Labute approximate surface area is 86.3 Å². The molecule has 0 aromatic heterocycles. The Morgan fingerprint density at radius 2 is 2.25 bits per heavy atom. The van der Waals surface area contributed by atoms with Crippen LogP contribution in [0.3, 0.4) is 0 Å². The van der Waals surface area contributed by atoms with Crippen LogP contribution in [0.5, 0.6) is 0 Å². The third kappa shape index (κ3) is 8.84. The third-order valence-corrected chi connectivity index (χ3v) is 4.76. The van der Waals surface area contributed by atoms with E-state index < -0.39 is 11.2 Å². The zero-order valence-electron chi connectivity index (χ0n) is 7.78. The van der Waals surface area contributed by atoms with Crippen molar-refractivity contribution in [1.29, 1.82) is 0 Å². The van der Waals surface area contributed by atoms with Gasteiger partial charge in [-0.1, -0.05) is 35.4 Å². The summed E-state index contributed by atoms with van der Waals surface area (Å²) in [6.07, 6.45) is 4.86. The summed E-state index contributed by atoms with van der Waals surface area (Å²) in [5.74, 6) is 0.953. The maximum absolute atomic E-state index is 10.6. The molecule has 0 aliphatic rings. The van der Waals surface area contributed by atoms with E-state index in [1.807, 2.05) is 27.7 Å². The molecule has 0 saturated heterocycles. The van der Waals surface area contributed by atoms with Crippen LogP contribution in [0.2, 0.25) is 0 Å². The first-order chi connectivity index (χ1) is 5.66. The Morgan fingerprint density at radius 3 is 2.75 bits per heavy atom. The largest absolute Gasteiger partial charge is 0.612 e. The van der Waals surface area contributed by atoms with Crippen molar-refractivity contribution in [2.24, 2.45) is 0 Å². The van der Waals surface area contributed by atoms with Crippen LogP contribution in [0.15, 0.2) is 11.5 Å². The SMILES string of the molecule is CCC(C)SSC/C=C/[S+](C)[O-]. The van der Waals surface area contributed by atoms with Crippen LogP contribution >= 0.6 is 21.6 Å². The van der Waals surface area contributed by atoms with Crippen molar-refractivity contribution in [3.8, 4) is 0 Å². The molecule has 0 radical (unpaired) electrons. The molecule has 12 heavy (non-hydrogen) atoms. The molecule has 4 heteroatoms. The van der Waals surface area contributed by atoms with Gasteiger partial charge in [-0.05, 0) is 23.7 Å². The van der Waals surface area contributed by atoms with Gasteiger partial charge in [0.2, 0.25) is 0 Å². The topological polar surface area (TPSA) is 23.1 Å². The summed E-state index contributed by atoms with van der Waals surface area (Å²) < 4.78 is 10.6. The summed E-state index contributed by atoms with van der Waals surface area (Å²) in [5, 5.41) is 2.46. The number of rotatable bonds is 6. The maximum Gasteiger partial charge on any atom is 0.113 e. The second-order valence-corrected chi connectivity index (χ2v) is 6.59. The van der Waals surface area contributed by atoms with E-state index in [0.29, 0.717) is 0 Å². The summed E-state index contributed by atoms with van der Waals surface area (Å²) >= 11 is -0.785. The highest BCUT2D eigenvalue weighted by Gasteiger charge is 1.97. The molecule has 0 aliphatic carbocycles. The number of hydrogen-bond acceptors (Lipinski definition) is 3. The van der Waals surface area contributed by atoms with Crippen LogP contribution in [-0.4, -0.2) is 21.8 Å². The van der Waals surface area contributed by atoms with E-state index in [1.165, 1.54) is 6.42 Å². The molecule has 0 aromatic carbocycles. The van der Waals surface area contributed by atoms with Gasteiger partial charge in [0, 0.05) is 11.0 Å². The Morgan fingerprint density at radius 1 is 1.58 bits per heavy atom. The zero-order valence-corrected chi connectivity index (χ0v) is 10.2. The van der Waals surface area contributed by atoms with E-state index in [0.717, 1.165) is 11.0 Å². The average Bonchev–Trinajstić information content (AvgIpc) is 2.03. The first-order valence-electron chi connectivity index (χ1n) is 3.94. The molecule has 0 aromatic rings. The van der Waals surface area contributed by atoms with Gasteiger partial charge in [-0.25, -0.2) is 0 Å². The van der Waals surface area contributed by atoms with Gasteiger partial charge in [-0.3, -0.25) is 0 Å². The Hall–Kier alpha value is 0.750. The summed E-state index contributed by atoms with van der Waals surface area (Å²) in [6, 6.07) is 0. The summed E-state index contributed by atoms with van der Waals surface area (Å²) in [6.45, 7) is 4.41. The molecular weight excluding hydrogens is 208 g/mol. The van der Waals surface area contributed by atoms with Crippen LogP contribution in [0, 0.1) is 0 Å².